The van der Waals surface area contributed by atoms with Crippen molar-refractivity contribution in [3.63, 3.8) is 0 Å². The first-order valence-corrected chi connectivity index (χ1v) is 7.47. The Morgan fingerprint density at radius 3 is 1.86 bits per heavy atom. The second-order valence-corrected chi connectivity index (χ2v) is 5.59. The van der Waals surface area contributed by atoms with Crippen LogP contribution in [0.1, 0.15) is 24.0 Å². The summed E-state index contributed by atoms with van der Waals surface area (Å²) < 4.78 is 0. The summed E-state index contributed by atoms with van der Waals surface area (Å²) in [6.45, 7) is 0. The summed E-state index contributed by atoms with van der Waals surface area (Å²) in [5, 5.41) is 0. The van der Waals surface area contributed by atoms with Gasteiger partial charge in [-0.25, -0.2) is 0 Å². The lowest BCUT2D eigenvalue weighted by molar-refractivity contribution is -0.119. The highest BCUT2D eigenvalue weighted by atomic mass is 16.1. The number of benzene rings is 2. The molecular weight excluding hydrogens is 258 g/mol. The molecule has 0 atom stereocenters. The zero-order valence-corrected chi connectivity index (χ0v) is 12.9. The summed E-state index contributed by atoms with van der Waals surface area (Å²) in [5.41, 5.74) is 3.66. The predicted octanol–water partition coefficient (Wildman–Crippen LogP) is 3.89. The van der Waals surface area contributed by atoms with Crippen LogP contribution in [0.3, 0.4) is 0 Å². The van der Waals surface area contributed by atoms with Gasteiger partial charge >= 0.3 is 0 Å². The maximum atomic E-state index is 12.0. The van der Waals surface area contributed by atoms with Gasteiger partial charge in [-0.15, -0.1) is 0 Å². The van der Waals surface area contributed by atoms with Crippen LogP contribution in [0, 0.1) is 0 Å². The van der Waals surface area contributed by atoms with Crippen LogP contribution in [-0.4, -0.2) is 19.9 Å². The van der Waals surface area contributed by atoms with Crippen molar-refractivity contribution in [2.75, 3.05) is 19.0 Å². The summed E-state index contributed by atoms with van der Waals surface area (Å²) in [7, 11) is 4.06. The van der Waals surface area contributed by atoms with E-state index in [1.807, 2.05) is 32.3 Å². The van der Waals surface area contributed by atoms with Gasteiger partial charge in [0, 0.05) is 32.6 Å². The van der Waals surface area contributed by atoms with Crippen LogP contribution in [0.2, 0.25) is 0 Å². The average Bonchev–Trinajstić information content (AvgIpc) is 2.52. The van der Waals surface area contributed by atoms with Crippen LogP contribution in [-0.2, 0) is 17.6 Å². The molecule has 0 aliphatic rings. The Hall–Kier alpha value is -2.09. The molecule has 2 heteroatoms. The van der Waals surface area contributed by atoms with E-state index in [0.29, 0.717) is 18.6 Å². The monoisotopic (exact) mass is 281 g/mol. The van der Waals surface area contributed by atoms with E-state index in [4.69, 9.17) is 0 Å². The standard InChI is InChI=1S/C19H23NO/c1-20(2)18-12-8-17(9-13-18)11-15-19(21)14-10-16-6-4-3-5-7-16/h3-9,12-13H,10-11,14-15H2,1-2H3. The number of Topliss-reactive ketones (excluding diaryl/α,β-unsaturated/α-hetero) is 1. The molecule has 0 radical (unpaired) electrons. The maximum Gasteiger partial charge on any atom is 0.133 e. The van der Waals surface area contributed by atoms with Crippen molar-refractivity contribution in [2.45, 2.75) is 25.7 Å². The van der Waals surface area contributed by atoms with E-state index in [-0.39, 0.29) is 0 Å². The summed E-state index contributed by atoms with van der Waals surface area (Å²) in [6.07, 6.45) is 2.95. The van der Waals surface area contributed by atoms with Crippen LogP contribution in [0.4, 0.5) is 5.69 Å². The Morgan fingerprint density at radius 2 is 1.33 bits per heavy atom. The lowest BCUT2D eigenvalue weighted by Crippen LogP contribution is -2.08. The fourth-order valence-corrected chi connectivity index (χ4v) is 2.30. The molecule has 2 aromatic rings. The van der Waals surface area contributed by atoms with E-state index in [1.165, 1.54) is 16.8 Å². The third kappa shape index (κ3) is 5.07. The first kappa shape index (κ1) is 15.3. The number of nitrogens with zero attached hydrogens (tertiary/aromatic N) is 1. The van der Waals surface area contributed by atoms with Gasteiger partial charge in [0.05, 0.1) is 0 Å². The first-order valence-electron chi connectivity index (χ1n) is 7.47. The number of anilines is 1. The van der Waals surface area contributed by atoms with E-state index in [1.54, 1.807) is 0 Å². The Morgan fingerprint density at radius 1 is 0.810 bits per heavy atom. The average molecular weight is 281 g/mol. The molecule has 0 heterocycles. The van der Waals surface area contributed by atoms with Crippen molar-refractivity contribution in [2.24, 2.45) is 0 Å². The van der Waals surface area contributed by atoms with Gasteiger partial charge in [0.25, 0.3) is 0 Å². The molecule has 0 unspecified atom stereocenters. The molecule has 2 rings (SSSR count). The van der Waals surface area contributed by atoms with Crippen molar-refractivity contribution in [3.05, 3.63) is 65.7 Å². The van der Waals surface area contributed by atoms with Gasteiger partial charge in [-0.3, -0.25) is 4.79 Å². The Labute approximate surface area is 127 Å². The molecule has 21 heavy (non-hydrogen) atoms. The van der Waals surface area contributed by atoms with Gasteiger partial charge in [-0.2, -0.15) is 0 Å². The van der Waals surface area contributed by atoms with Gasteiger partial charge in [0.1, 0.15) is 5.78 Å². The molecule has 0 N–H and O–H groups in total. The number of rotatable bonds is 7. The topological polar surface area (TPSA) is 20.3 Å². The molecular formula is C19H23NO. The van der Waals surface area contributed by atoms with Crippen molar-refractivity contribution >= 4 is 11.5 Å². The van der Waals surface area contributed by atoms with E-state index < -0.39 is 0 Å². The Balaban J connectivity index is 1.76. The largest absolute Gasteiger partial charge is 0.378 e. The lowest BCUT2D eigenvalue weighted by atomic mass is 10.0. The fourth-order valence-electron chi connectivity index (χ4n) is 2.30. The number of ketones is 1. The summed E-state index contributed by atoms with van der Waals surface area (Å²) in [5.74, 6) is 0.343. The van der Waals surface area contributed by atoms with Gasteiger partial charge in [0.2, 0.25) is 0 Å². The van der Waals surface area contributed by atoms with Crippen LogP contribution in [0.15, 0.2) is 54.6 Å². The summed E-state index contributed by atoms with van der Waals surface area (Å²) in [6, 6.07) is 18.6. The lowest BCUT2D eigenvalue weighted by Gasteiger charge is -2.12. The zero-order chi connectivity index (χ0) is 15.1. The third-order valence-corrected chi connectivity index (χ3v) is 3.68. The molecule has 0 aromatic heterocycles. The minimum absolute atomic E-state index is 0.343. The molecule has 0 aliphatic heterocycles. The second-order valence-electron chi connectivity index (χ2n) is 5.59. The van der Waals surface area contributed by atoms with Crippen LogP contribution < -0.4 is 4.90 Å². The van der Waals surface area contributed by atoms with E-state index in [9.17, 15) is 4.79 Å². The number of carbonyl (C=O) groups excluding carboxylic acids is 1. The van der Waals surface area contributed by atoms with Crippen molar-refractivity contribution in [3.8, 4) is 0 Å². The van der Waals surface area contributed by atoms with Crippen molar-refractivity contribution in [1.82, 2.24) is 0 Å². The molecule has 0 fully saturated rings. The number of hydrogen-bond acceptors (Lipinski definition) is 2. The highest BCUT2D eigenvalue weighted by Gasteiger charge is 2.04. The Kier molecular flexibility index (Phi) is 5.56. The zero-order valence-electron chi connectivity index (χ0n) is 12.9. The molecule has 110 valence electrons. The van der Waals surface area contributed by atoms with Gasteiger partial charge in [0.15, 0.2) is 0 Å². The van der Waals surface area contributed by atoms with Gasteiger partial charge in [-0.1, -0.05) is 42.5 Å². The minimum atomic E-state index is 0.343. The first-order chi connectivity index (χ1) is 10.1. The summed E-state index contributed by atoms with van der Waals surface area (Å²) >= 11 is 0. The highest BCUT2D eigenvalue weighted by molar-refractivity contribution is 5.78. The quantitative estimate of drug-likeness (QED) is 0.767. The smallest absolute Gasteiger partial charge is 0.133 e. The number of carbonyl (C=O) groups is 1. The van der Waals surface area contributed by atoms with E-state index >= 15 is 0 Å². The van der Waals surface area contributed by atoms with Crippen LogP contribution in [0.25, 0.3) is 0 Å². The normalized spacial score (nSPS) is 10.4. The maximum absolute atomic E-state index is 12.0. The minimum Gasteiger partial charge on any atom is -0.378 e. The van der Waals surface area contributed by atoms with Gasteiger partial charge < -0.3 is 4.90 Å². The molecule has 0 aliphatic carbocycles. The molecule has 0 bridgehead atoms. The molecule has 0 amide bonds. The molecule has 2 nitrogen and oxygen atoms in total. The summed E-state index contributed by atoms with van der Waals surface area (Å²) in [4.78, 5) is 14.0. The van der Waals surface area contributed by atoms with Crippen molar-refractivity contribution < 1.29 is 4.79 Å². The molecule has 0 spiro atoms. The molecule has 0 saturated carbocycles. The molecule has 0 saturated heterocycles. The Bertz CT molecular complexity index is 558. The second kappa shape index (κ2) is 7.63. The van der Waals surface area contributed by atoms with Crippen molar-refractivity contribution in [1.29, 1.82) is 0 Å². The third-order valence-electron chi connectivity index (χ3n) is 3.68. The molecule has 2 aromatic carbocycles. The highest BCUT2D eigenvalue weighted by Crippen LogP contribution is 2.14. The number of aryl methyl sites for hydroxylation is 2. The van der Waals surface area contributed by atoms with Crippen LogP contribution in [0.5, 0.6) is 0 Å². The SMILES string of the molecule is CN(C)c1ccc(CCC(=O)CCc2ccccc2)cc1. The van der Waals surface area contributed by atoms with Crippen LogP contribution >= 0.6 is 0 Å². The van der Waals surface area contributed by atoms with E-state index in [0.717, 1.165) is 12.8 Å². The number of hydrogen-bond donors (Lipinski definition) is 0. The fraction of sp³-hybridized carbons (Fsp3) is 0.316. The van der Waals surface area contributed by atoms with Gasteiger partial charge in [-0.05, 0) is 36.1 Å². The predicted molar refractivity (Wildman–Crippen MR) is 88.9 cm³/mol. The van der Waals surface area contributed by atoms with E-state index in [2.05, 4.69) is 41.3 Å².